The number of fused-ring (bicyclic) bond motifs is 1. The summed E-state index contributed by atoms with van der Waals surface area (Å²) in [4.78, 5) is 41.6. The molecule has 1 saturated heterocycles. The second-order valence-corrected chi connectivity index (χ2v) is 15.9. The van der Waals surface area contributed by atoms with Crippen molar-refractivity contribution in [2.24, 2.45) is 0 Å². The van der Waals surface area contributed by atoms with Crippen molar-refractivity contribution < 1.29 is 42.8 Å². The van der Waals surface area contributed by atoms with Gasteiger partial charge in [0.15, 0.2) is 5.16 Å². The van der Waals surface area contributed by atoms with Crippen molar-refractivity contribution >= 4 is 25.5 Å². The van der Waals surface area contributed by atoms with Gasteiger partial charge in [-0.1, -0.05) is 12.1 Å². The zero-order chi connectivity index (χ0) is 31.3. The smallest absolute Gasteiger partial charge is 0.419 e. The van der Waals surface area contributed by atoms with Gasteiger partial charge in [0, 0.05) is 38.8 Å². The molecule has 2 amide bonds. The predicted molar refractivity (Wildman–Crippen MR) is 158 cm³/mol. The van der Waals surface area contributed by atoms with Crippen LogP contribution in [0.2, 0.25) is 0 Å². The van der Waals surface area contributed by atoms with Crippen molar-refractivity contribution in [1.29, 1.82) is 0 Å². The fourth-order valence-electron chi connectivity index (χ4n) is 5.32. The first-order valence-corrected chi connectivity index (χ1v) is 16.5. The minimum atomic E-state index is -3.58. The summed E-state index contributed by atoms with van der Waals surface area (Å²) < 4.78 is 36.3. The third-order valence-electron chi connectivity index (χ3n) is 7.19. The van der Waals surface area contributed by atoms with Crippen molar-refractivity contribution in [2.45, 2.75) is 97.1 Å². The number of aliphatic carboxylic acids is 1. The number of carboxylic acid groups (broad SMARTS) is 1. The SMILES string of the molecule is CCOP1(=O)CCN(Cc2ccc3c(c2)CCO3)CC1(CCCCN(C(=O)OC(C)(C)C)C(=O)OC(C)(C)C)C(=O)O. The first kappa shape index (κ1) is 33.9. The fraction of sp³-hybridized carbons (Fsp3) is 0.700. The van der Waals surface area contributed by atoms with E-state index in [1.165, 1.54) is 0 Å². The van der Waals surface area contributed by atoms with E-state index in [1.54, 1.807) is 48.5 Å². The molecule has 0 aromatic heterocycles. The highest BCUT2D eigenvalue weighted by Gasteiger charge is 2.58. The van der Waals surface area contributed by atoms with Gasteiger partial charge < -0.3 is 23.8 Å². The summed E-state index contributed by atoms with van der Waals surface area (Å²) in [6, 6.07) is 6.01. The van der Waals surface area contributed by atoms with Crippen LogP contribution in [0.15, 0.2) is 18.2 Å². The number of ether oxygens (including phenoxy) is 3. The molecular weight excluding hydrogens is 563 g/mol. The number of unbranched alkanes of at least 4 members (excludes halogenated alkanes) is 1. The summed E-state index contributed by atoms with van der Waals surface area (Å²) in [7, 11) is -3.58. The number of carbonyl (C=O) groups is 3. The maximum Gasteiger partial charge on any atom is 0.419 e. The van der Waals surface area contributed by atoms with E-state index in [0.29, 0.717) is 19.7 Å². The van der Waals surface area contributed by atoms with E-state index in [-0.39, 0.29) is 45.1 Å². The molecule has 2 heterocycles. The highest BCUT2D eigenvalue weighted by molar-refractivity contribution is 7.62. The van der Waals surface area contributed by atoms with Gasteiger partial charge >= 0.3 is 18.2 Å². The molecular formula is C30H47N2O9P. The van der Waals surface area contributed by atoms with Crippen LogP contribution in [-0.4, -0.2) is 88.4 Å². The molecule has 0 spiro atoms. The molecule has 236 valence electrons. The average molecular weight is 611 g/mol. The number of amides is 2. The Bertz CT molecular complexity index is 1160. The Hall–Kier alpha value is -2.62. The Morgan fingerprint density at radius 1 is 1.07 bits per heavy atom. The molecule has 2 aliphatic rings. The number of benzene rings is 1. The standard InChI is InChI=1S/C30H47N2O9P/c1-8-39-42(37)18-16-31(20-22-11-12-24-23(19-22)13-17-38-24)21-30(42,25(33)34)14-9-10-15-32(26(35)40-28(2,3)4)27(36)41-29(5,6)7/h11-12,19H,8-10,13-18,20-21H2,1-7H3,(H,33,34). The van der Waals surface area contributed by atoms with Crippen molar-refractivity contribution in [1.82, 2.24) is 9.80 Å². The summed E-state index contributed by atoms with van der Waals surface area (Å²) in [5, 5.41) is 8.93. The molecule has 1 aromatic rings. The maximum absolute atomic E-state index is 14.1. The molecule has 12 heteroatoms. The van der Waals surface area contributed by atoms with Crippen LogP contribution in [0, 0.1) is 0 Å². The summed E-state index contributed by atoms with van der Waals surface area (Å²) in [6.45, 7) is 13.7. The molecule has 1 aromatic carbocycles. The van der Waals surface area contributed by atoms with E-state index in [0.717, 1.165) is 28.2 Å². The maximum atomic E-state index is 14.1. The van der Waals surface area contributed by atoms with Gasteiger partial charge in [0.25, 0.3) is 0 Å². The van der Waals surface area contributed by atoms with Crippen LogP contribution >= 0.6 is 7.37 Å². The zero-order valence-electron chi connectivity index (χ0n) is 26.1. The predicted octanol–water partition coefficient (Wildman–Crippen LogP) is 5.92. The highest BCUT2D eigenvalue weighted by atomic mass is 31.2. The molecule has 3 rings (SSSR count). The molecule has 0 bridgehead atoms. The topological polar surface area (TPSA) is 132 Å². The molecule has 0 radical (unpaired) electrons. The molecule has 0 aliphatic carbocycles. The second-order valence-electron chi connectivity index (χ2n) is 13.0. The Morgan fingerprint density at radius 3 is 2.29 bits per heavy atom. The number of rotatable bonds is 10. The summed E-state index contributed by atoms with van der Waals surface area (Å²) >= 11 is 0. The van der Waals surface area contributed by atoms with Crippen LogP contribution in [-0.2, 0) is 36.3 Å². The minimum absolute atomic E-state index is 0.0423. The van der Waals surface area contributed by atoms with E-state index in [4.69, 9.17) is 18.7 Å². The fourth-order valence-corrected chi connectivity index (χ4v) is 8.29. The zero-order valence-corrected chi connectivity index (χ0v) is 27.0. The number of carboxylic acids is 1. The van der Waals surface area contributed by atoms with Crippen LogP contribution in [0.25, 0.3) is 0 Å². The molecule has 2 atom stereocenters. The van der Waals surface area contributed by atoms with E-state index in [1.807, 2.05) is 17.0 Å². The quantitative estimate of drug-likeness (QED) is 0.252. The lowest BCUT2D eigenvalue weighted by atomic mass is 9.99. The second kappa shape index (κ2) is 13.3. The largest absolute Gasteiger partial charge is 0.493 e. The van der Waals surface area contributed by atoms with Crippen molar-refractivity contribution in [2.75, 3.05) is 39.0 Å². The van der Waals surface area contributed by atoms with Crippen LogP contribution < -0.4 is 4.74 Å². The number of carbonyl (C=O) groups excluding carboxylic acids is 2. The van der Waals surface area contributed by atoms with Gasteiger partial charge in [-0.3, -0.25) is 14.3 Å². The first-order chi connectivity index (χ1) is 19.5. The van der Waals surface area contributed by atoms with E-state index < -0.39 is 41.9 Å². The van der Waals surface area contributed by atoms with E-state index in [9.17, 15) is 24.1 Å². The Kier molecular flexibility index (Phi) is 10.8. The lowest BCUT2D eigenvalue weighted by Gasteiger charge is -2.45. The molecule has 11 nitrogen and oxygen atoms in total. The van der Waals surface area contributed by atoms with Gasteiger partial charge in [-0.25, -0.2) is 14.5 Å². The van der Waals surface area contributed by atoms with Crippen LogP contribution in [0.5, 0.6) is 5.75 Å². The average Bonchev–Trinajstić information content (AvgIpc) is 3.31. The minimum Gasteiger partial charge on any atom is -0.493 e. The van der Waals surface area contributed by atoms with Crippen LogP contribution in [0.3, 0.4) is 0 Å². The number of nitrogens with zero attached hydrogens (tertiary/aromatic N) is 2. The Labute approximate surface area is 249 Å². The van der Waals surface area contributed by atoms with Gasteiger partial charge in [0.05, 0.1) is 13.2 Å². The van der Waals surface area contributed by atoms with Crippen LogP contribution in [0.4, 0.5) is 9.59 Å². The molecule has 2 unspecified atom stereocenters. The Morgan fingerprint density at radius 2 is 1.71 bits per heavy atom. The van der Waals surface area contributed by atoms with Gasteiger partial charge in [0.1, 0.15) is 17.0 Å². The number of hydrogen-bond donors (Lipinski definition) is 1. The lowest BCUT2D eigenvalue weighted by Crippen LogP contribution is -2.54. The normalized spacial score (nSPS) is 22.6. The number of hydrogen-bond acceptors (Lipinski definition) is 9. The van der Waals surface area contributed by atoms with Crippen molar-refractivity contribution in [3.05, 3.63) is 29.3 Å². The van der Waals surface area contributed by atoms with Gasteiger partial charge in [-0.15, -0.1) is 0 Å². The van der Waals surface area contributed by atoms with Gasteiger partial charge in [-0.05, 0) is 84.9 Å². The van der Waals surface area contributed by atoms with Gasteiger partial charge in [-0.2, -0.15) is 0 Å². The molecule has 42 heavy (non-hydrogen) atoms. The van der Waals surface area contributed by atoms with Crippen molar-refractivity contribution in [3.63, 3.8) is 0 Å². The molecule has 1 N–H and O–H groups in total. The Balaban J connectivity index is 1.76. The van der Waals surface area contributed by atoms with Gasteiger partial charge in [0.2, 0.25) is 7.37 Å². The summed E-state index contributed by atoms with van der Waals surface area (Å²) in [6.07, 6.45) is -0.0967. The molecule has 1 fully saturated rings. The third kappa shape index (κ3) is 8.48. The molecule has 0 saturated carbocycles. The lowest BCUT2D eigenvalue weighted by molar-refractivity contribution is -0.141. The van der Waals surface area contributed by atoms with E-state index >= 15 is 0 Å². The summed E-state index contributed by atoms with van der Waals surface area (Å²) in [5.41, 5.74) is 0.518. The number of imide groups is 1. The highest BCUT2D eigenvalue weighted by Crippen LogP contribution is 2.63. The third-order valence-corrected chi connectivity index (χ3v) is 10.5. The van der Waals surface area contributed by atoms with Crippen molar-refractivity contribution in [3.8, 4) is 5.75 Å². The van der Waals surface area contributed by atoms with Crippen LogP contribution in [0.1, 0.15) is 78.9 Å². The molecule has 2 aliphatic heterocycles. The monoisotopic (exact) mass is 610 g/mol. The van der Waals surface area contributed by atoms with E-state index in [2.05, 4.69) is 6.07 Å². The summed E-state index contributed by atoms with van der Waals surface area (Å²) in [5.74, 6) is -0.285. The first-order valence-electron chi connectivity index (χ1n) is 14.7.